The molecule has 5 heterocycles. The molecule has 0 bridgehead atoms. The number of thiophene rings is 2. The zero-order valence-corrected chi connectivity index (χ0v) is 38.5. The van der Waals surface area contributed by atoms with Crippen LogP contribution in [0.3, 0.4) is 0 Å². The van der Waals surface area contributed by atoms with Gasteiger partial charge in [-0.15, -0.1) is 22.7 Å². The molecule has 7 aromatic carbocycles. The minimum atomic E-state index is 0.774. The summed E-state index contributed by atoms with van der Waals surface area (Å²) in [6.07, 6.45) is 15.8. The van der Waals surface area contributed by atoms with Gasteiger partial charge in [-0.2, -0.15) is 0 Å². The van der Waals surface area contributed by atoms with Crippen LogP contribution >= 0.6 is 22.7 Å². The number of para-hydroxylation sites is 5. The van der Waals surface area contributed by atoms with E-state index in [0.717, 1.165) is 83.6 Å². The van der Waals surface area contributed by atoms with Gasteiger partial charge in [0.15, 0.2) is 0 Å². The van der Waals surface area contributed by atoms with Gasteiger partial charge in [-0.25, -0.2) is 0 Å². The number of aromatic nitrogens is 2. The maximum atomic E-state index is 6.34. The maximum absolute atomic E-state index is 6.34. The first-order valence-corrected chi connectivity index (χ1v) is 24.5. The third kappa shape index (κ3) is 6.74. The molecule has 324 valence electrons. The highest BCUT2D eigenvalue weighted by molar-refractivity contribution is 7.24. The summed E-state index contributed by atoms with van der Waals surface area (Å²) in [4.78, 5) is 4.78. The molecule has 0 amide bonds. The molecule has 0 radical (unpaired) electrons. The molecule has 1 aliphatic rings. The lowest BCUT2D eigenvalue weighted by Gasteiger charge is -2.25. The van der Waals surface area contributed by atoms with Gasteiger partial charge in [0, 0.05) is 55.7 Å². The van der Waals surface area contributed by atoms with Crippen LogP contribution in [0.1, 0.15) is 6.42 Å². The normalized spacial score (nSPS) is 15.4. The average molecular weight is 911 g/mol. The van der Waals surface area contributed by atoms with Crippen molar-refractivity contribution in [2.75, 3.05) is 9.80 Å². The van der Waals surface area contributed by atoms with E-state index >= 15 is 0 Å². The molecule has 12 aromatic rings. The number of allylic oxidation sites excluding steroid dienone is 8. The van der Waals surface area contributed by atoms with Crippen molar-refractivity contribution in [2.45, 2.75) is 6.42 Å². The van der Waals surface area contributed by atoms with Gasteiger partial charge in [0.25, 0.3) is 0 Å². The summed E-state index contributed by atoms with van der Waals surface area (Å²) in [5, 5.41) is 6.88. The van der Waals surface area contributed by atoms with Crippen LogP contribution in [0.15, 0.2) is 253 Å². The van der Waals surface area contributed by atoms with Gasteiger partial charge >= 0.3 is 0 Å². The fourth-order valence-corrected chi connectivity index (χ4v) is 12.2. The van der Waals surface area contributed by atoms with E-state index in [4.69, 9.17) is 4.42 Å². The molecular weight excluding hydrogens is 869 g/mol. The van der Waals surface area contributed by atoms with Gasteiger partial charge in [0.05, 0.1) is 31.5 Å². The summed E-state index contributed by atoms with van der Waals surface area (Å²) in [7, 11) is 0. The van der Waals surface area contributed by atoms with Gasteiger partial charge in [0.2, 0.25) is 0 Å². The second kappa shape index (κ2) is 16.5. The van der Waals surface area contributed by atoms with Crippen LogP contribution in [0.25, 0.3) is 75.6 Å². The lowest BCUT2D eigenvalue weighted by molar-refractivity contribution is 0.669. The highest BCUT2D eigenvalue weighted by Gasteiger charge is 2.26. The highest BCUT2D eigenvalue weighted by atomic mass is 32.1. The monoisotopic (exact) mass is 910 g/mol. The molecule has 5 nitrogen and oxygen atoms in total. The SMILES string of the molecule is C=C1/C=C\C=C/C/C=C(N(c2ccc3oc4ccccc4c3c2)c2cc3c(s2)c2cc4c(cc2n3-c2ccccc2)c2sc(N(c3ccccc3)c3ccccc3)cc2n4-c2ccccc2)\C=C/1. The zero-order valence-electron chi connectivity index (χ0n) is 36.9. The molecule has 0 aliphatic heterocycles. The standard InChI is InChI=1S/C61H42N4OS2/c1-41-20-8-2-3-9-29-46(33-32-41)63(47-34-35-57-49(36-47)48-30-18-19-31-56(48)66-57)59-40-55-61(68-59)51-38-52-50(37-53(51)65(55)45-27-16-7-17-28-45)60-54(64(52)44-25-14-6-15-26-44)39-58(67-60)62(42-21-10-4-11-22-42)43-23-12-5-13-24-43/h2-8,10-40H,1,9H2/b3-2-,20-8-,33-32-,46-29+. The van der Waals surface area contributed by atoms with Crippen LogP contribution in [0.4, 0.5) is 27.1 Å². The van der Waals surface area contributed by atoms with Crippen molar-refractivity contribution in [3.63, 3.8) is 0 Å². The number of rotatable bonds is 8. The fourth-order valence-electron chi connectivity index (χ4n) is 9.78. The van der Waals surface area contributed by atoms with Gasteiger partial charge in [0.1, 0.15) is 21.2 Å². The first kappa shape index (κ1) is 40.0. The second-order valence-electron chi connectivity index (χ2n) is 17.0. The molecule has 0 saturated carbocycles. The summed E-state index contributed by atoms with van der Waals surface area (Å²) >= 11 is 3.68. The molecule has 1 aliphatic carbocycles. The molecule has 0 saturated heterocycles. The van der Waals surface area contributed by atoms with Crippen molar-refractivity contribution >= 4 is 114 Å². The smallest absolute Gasteiger partial charge is 0.135 e. The summed E-state index contributed by atoms with van der Waals surface area (Å²) in [5.41, 5.74) is 14.0. The molecule has 5 aromatic heterocycles. The summed E-state index contributed by atoms with van der Waals surface area (Å²) in [6.45, 7) is 4.34. The number of anilines is 5. The molecule has 68 heavy (non-hydrogen) atoms. The minimum absolute atomic E-state index is 0.774. The topological polar surface area (TPSA) is 29.5 Å². The number of nitrogens with zero attached hydrogens (tertiary/aromatic N) is 4. The third-order valence-electron chi connectivity index (χ3n) is 12.8. The Morgan fingerprint density at radius 2 is 0.985 bits per heavy atom. The minimum Gasteiger partial charge on any atom is -0.456 e. The number of benzene rings is 7. The van der Waals surface area contributed by atoms with Crippen molar-refractivity contribution in [3.8, 4) is 11.4 Å². The lowest BCUT2D eigenvalue weighted by Crippen LogP contribution is -2.14. The van der Waals surface area contributed by atoms with E-state index in [2.05, 4.69) is 244 Å². The number of fused-ring (bicyclic) bond motifs is 9. The Balaban J connectivity index is 1.07. The molecule has 0 N–H and O–H groups in total. The van der Waals surface area contributed by atoms with Crippen LogP contribution in [0.5, 0.6) is 0 Å². The molecule has 0 atom stereocenters. The third-order valence-corrected chi connectivity index (χ3v) is 15.1. The van der Waals surface area contributed by atoms with Crippen LogP contribution in [0.2, 0.25) is 0 Å². The van der Waals surface area contributed by atoms with Crippen molar-refractivity contribution in [2.24, 2.45) is 0 Å². The second-order valence-corrected chi connectivity index (χ2v) is 19.1. The summed E-state index contributed by atoms with van der Waals surface area (Å²) in [5.74, 6) is 0. The first-order valence-electron chi connectivity index (χ1n) is 22.8. The Hall–Kier alpha value is -8.36. The Labute approximate surface area is 401 Å². The summed E-state index contributed by atoms with van der Waals surface area (Å²) in [6, 6.07) is 67.5. The number of furan rings is 1. The lowest BCUT2D eigenvalue weighted by atomic mass is 10.1. The predicted molar refractivity (Wildman–Crippen MR) is 291 cm³/mol. The highest BCUT2D eigenvalue weighted by Crippen LogP contribution is 2.50. The molecule has 0 spiro atoms. The van der Waals surface area contributed by atoms with Gasteiger partial charge in [-0.3, -0.25) is 0 Å². The van der Waals surface area contributed by atoms with Gasteiger partial charge < -0.3 is 23.4 Å². The van der Waals surface area contributed by atoms with Crippen LogP contribution in [-0.2, 0) is 0 Å². The van der Waals surface area contributed by atoms with Crippen LogP contribution in [-0.4, -0.2) is 9.13 Å². The Kier molecular flexibility index (Phi) is 9.70. The number of hydrogen-bond acceptors (Lipinski definition) is 5. The molecule has 7 heteroatoms. The maximum Gasteiger partial charge on any atom is 0.135 e. The Morgan fingerprint density at radius 1 is 0.441 bits per heavy atom. The van der Waals surface area contributed by atoms with E-state index in [-0.39, 0.29) is 0 Å². The van der Waals surface area contributed by atoms with Crippen molar-refractivity contribution < 1.29 is 4.42 Å². The largest absolute Gasteiger partial charge is 0.456 e. The predicted octanol–water partition coefficient (Wildman–Crippen LogP) is 18.0. The molecular formula is C61H42N4OS2. The number of hydrogen-bond donors (Lipinski definition) is 0. The first-order chi connectivity index (χ1) is 33.6. The molecule has 13 rings (SSSR count). The van der Waals surface area contributed by atoms with E-state index in [1.807, 2.05) is 34.8 Å². The van der Waals surface area contributed by atoms with Crippen molar-refractivity contribution in [1.82, 2.24) is 9.13 Å². The summed E-state index contributed by atoms with van der Waals surface area (Å²) < 4.78 is 13.7. The van der Waals surface area contributed by atoms with Crippen LogP contribution < -0.4 is 9.80 Å². The quantitative estimate of drug-likeness (QED) is 0.152. The van der Waals surface area contributed by atoms with E-state index in [1.54, 1.807) is 0 Å². The Bertz CT molecular complexity index is 3970. The molecule has 0 unspecified atom stereocenters. The van der Waals surface area contributed by atoms with E-state index < -0.39 is 0 Å². The van der Waals surface area contributed by atoms with Gasteiger partial charge in [-0.1, -0.05) is 134 Å². The molecule has 0 fully saturated rings. The average Bonchev–Trinajstić information content (AvgIpc) is 4.21. The van der Waals surface area contributed by atoms with E-state index in [0.29, 0.717) is 0 Å². The van der Waals surface area contributed by atoms with E-state index in [1.165, 1.54) is 36.7 Å². The van der Waals surface area contributed by atoms with Gasteiger partial charge in [-0.05, 0) is 115 Å². The Morgan fingerprint density at radius 3 is 1.60 bits per heavy atom. The van der Waals surface area contributed by atoms with Crippen LogP contribution in [0, 0.1) is 0 Å². The van der Waals surface area contributed by atoms with Crippen molar-refractivity contribution in [1.29, 1.82) is 0 Å². The zero-order chi connectivity index (χ0) is 45.1. The van der Waals surface area contributed by atoms with Crippen molar-refractivity contribution in [3.05, 3.63) is 248 Å². The van der Waals surface area contributed by atoms with E-state index in [9.17, 15) is 0 Å². The fraction of sp³-hybridized carbons (Fsp3) is 0.0164.